The monoisotopic (exact) mass is 308 g/mol. The Labute approximate surface area is 125 Å². The van der Waals surface area contributed by atoms with Crippen molar-refractivity contribution in [2.24, 2.45) is 5.10 Å². The number of amides is 1. The van der Waals surface area contributed by atoms with Crippen LogP contribution in [0.3, 0.4) is 0 Å². The molecule has 0 aromatic heterocycles. The van der Waals surface area contributed by atoms with Crippen molar-refractivity contribution in [1.82, 2.24) is 5.43 Å². The molecule has 0 bridgehead atoms. The van der Waals surface area contributed by atoms with Gasteiger partial charge < -0.3 is 5.11 Å². The van der Waals surface area contributed by atoms with Gasteiger partial charge in [-0.15, -0.1) is 0 Å². The van der Waals surface area contributed by atoms with Crippen LogP contribution in [-0.4, -0.2) is 17.2 Å². The molecule has 20 heavy (non-hydrogen) atoms. The number of hydrazone groups is 1. The highest BCUT2D eigenvalue weighted by Crippen LogP contribution is 2.22. The third-order valence-electron chi connectivity index (χ3n) is 2.46. The molecule has 0 aliphatic rings. The molecule has 0 saturated heterocycles. The molecule has 102 valence electrons. The third-order valence-corrected chi connectivity index (χ3v) is 3.01. The highest BCUT2D eigenvalue weighted by atomic mass is 35.5. The molecular formula is C14H10Cl2N2O2. The zero-order chi connectivity index (χ0) is 14.5. The van der Waals surface area contributed by atoms with Crippen LogP contribution in [0.1, 0.15) is 15.9 Å². The van der Waals surface area contributed by atoms with Crippen LogP contribution in [0.25, 0.3) is 0 Å². The number of nitrogens with one attached hydrogen (secondary N) is 1. The second kappa shape index (κ2) is 6.41. The molecule has 2 N–H and O–H groups in total. The summed E-state index contributed by atoms with van der Waals surface area (Å²) in [5, 5.41) is 13.9. The predicted octanol–water partition coefficient (Wildman–Crippen LogP) is 3.46. The first-order valence-corrected chi connectivity index (χ1v) is 6.39. The van der Waals surface area contributed by atoms with E-state index in [1.54, 1.807) is 30.3 Å². The van der Waals surface area contributed by atoms with Crippen molar-refractivity contribution in [3.63, 3.8) is 0 Å². The Balaban J connectivity index is 2.00. The number of hydrogen-bond acceptors (Lipinski definition) is 3. The quantitative estimate of drug-likeness (QED) is 0.674. The summed E-state index contributed by atoms with van der Waals surface area (Å²) >= 11 is 11.5. The Morgan fingerprint density at radius 3 is 2.50 bits per heavy atom. The average molecular weight is 309 g/mol. The molecule has 1 amide bonds. The Morgan fingerprint density at radius 2 is 1.85 bits per heavy atom. The van der Waals surface area contributed by atoms with E-state index in [1.165, 1.54) is 18.3 Å². The van der Waals surface area contributed by atoms with E-state index in [4.69, 9.17) is 23.2 Å². The molecule has 0 radical (unpaired) electrons. The van der Waals surface area contributed by atoms with Gasteiger partial charge in [0.05, 0.1) is 11.2 Å². The van der Waals surface area contributed by atoms with Crippen molar-refractivity contribution in [2.45, 2.75) is 0 Å². The first-order chi connectivity index (χ1) is 9.56. The Kier molecular flexibility index (Phi) is 4.61. The minimum absolute atomic E-state index is 0.00554. The van der Waals surface area contributed by atoms with Gasteiger partial charge in [0, 0.05) is 10.6 Å². The second-order valence-corrected chi connectivity index (χ2v) is 4.76. The van der Waals surface area contributed by atoms with Crippen LogP contribution < -0.4 is 5.43 Å². The Hall–Kier alpha value is -2.04. The van der Waals surface area contributed by atoms with Crippen LogP contribution in [-0.2, 0) is 0 Å². The number of phenolic OH excluding ortho intramolecular Hbond substituents is 1. The van der Waals surface area contributed by atoms with E-state index in [1.807, 2.05) is 0 Å². The number of rotatable bonds is 3. The van der Waals surface area contributed by atoms with Gasteiger partial charge in [0.15, 0.2) is 0 Å². The molecule has 0 spiro atoms. The summed E-state index contributed by atoms with van der Waals surface area (Å²) in [4.78, 5) is 11.7. The summed E-state index contributed by atoms with van der Waals surface area (Å²) in [7, 11) is 0. The minimum Gasteiger partial charge on any atom is -0.506 e. The molecular weight excluding hydrogens is 299 g/mol. The molecule has 0 aliphatic carbocycles. The normalized spacial score (nSPS) is 10.7. The maximum absolute atomic E-state index is 11.7. The number of carbonyl (C=O) groups is 1. The van der Waals surface area contributed by atoms with Gasteiger partial charge in [-0.2, -0.15) is 5.10 Å². The number of benzene rings is 2. The van der Waals surface area contributed by atoms with E-state index in [-0.39, 0.29) is 16.7 Å². The van der Waals surface area contributed by atoms with Crippen molar-refractivity contribution < 1.29 is 9.90 Å². The van der Waals surface area contributed by atoms with Crippen molar-refractivity contribution >= 4 is 35.3 Å². The van der Waals surface area contributed by atoms with Crippen LogP contribution >= 0.6 is 23.2 Å². The maximum Gasteiger partial charge on any atom is 0.271 e. The molecule has 0 unspecified atom stereocenters. The largest absolute Gasteiger partial charge is 0.506 e. The van der Waals surface area contributed by atoms with E-state index in [2.05, 4.69) is 10.5 Å². The zero-order valence-corrected chi connectivity index (χ0v) is 11.7. The van der Waals surface area contributed by atoms with Crippen molar-refractivity contribution in [3.8, 4) is 5.75 Å². The van der Waals surface area contributed by atoms with Crippen LogP contribution in [0, 0.1) is 0 Å². The summed E-state index contributed by atoms with van der Waals surface area (Å²) in [6, 6.07) is 11.1. The molecule has 0 saturated carbocycles. The number of phenols is 1. The Morgan fingerprint density at radius 1 is 1.15 bits per heavy atom. The molecule has 2 rings (SSSR count). The molecule has 6 heteroatoms. The lowest BCUT2D eigenvalue weighted by Gasteiger charge is -2.00. The van der Waals surface area contributed by atoms with Crippen LogP contribution in [0.2, 0.25) is 10.0 Å². The molecule has 0 fully saturated rings. The molecule has 2 aromatic carbocycles. The topological polar surface area (TPSA) is 61.7 Å². The third kappa shape index (κ3) is 3.73. The molecule has 0 aliphatic heterocycles. The molecule has 0 heterocycles. The van der Waals surface area contributed by atoms with Gasteiger partial charge in [0.1, 0.15) is 5.75 Å². The maximum atomic E-state index is 11.7. The summed E-state index contributed by atoms with van der Waals surface area (Å²) in [6.45, 7) is 0. The fourth-order valence-corrected chi connectivity index (χ4v) is 1.75. The standard InChI is InChI=1S/C14H10Cl2N2O2/c15-11-4-2-10(3-5-11)14(20)18-17-8-9-1-6-13(19)12(16)7-9/h1-8,19H,(H,18,20)/b17-8-. The van der Waals surface area contributed by atoms with Gasteiger partial charge in [0.2, 0.25) is 0 Å². The van der Waals surface area contributed by atoms with E-state index in [0.29, 0.717) is 16.1 Å². The van der Waals surface area contributed by atoms with Gasteiger partial charge in [-0.25, -0.2) is 5.43 Å². The predicted molar refractivity (Wildman–Crippen MR) is 79.6 cm³/mol. The van der Waals surface area contributed by atoms with Gasteiger partial charge in [0.25, 0.3) is 5.91 Å². The summed E-state index contributed by atoms with van der Waals surface area (Å²) in [6.07, 6.45) is 1.43. The van der Waals surface area contributed by atoms with E-state index >= 15 is 0 Å². The van der Waals surface area contributed by atoms with Gasteiger partial charge in [-0.3, -0.25) is 4.79 Å². The number of aromatic hydroxyl groups is 1. The summed E-state index contributed by atoms with van der Waals surface area (Å²) in [5.41, 5.74) is 3.49. The fourth-order valence-electron chi connectivity index (χ4n) is 1.43. The van der Waals surface area contributed by atoms with Crippen molar-refractivity contribution in [3.05, 3.63) is 63.6 Å². The number of hydrogen-bond donors (Lipinski definition) is 2. The van der Waals surface area contributed by atoms with Gasteiger partial charge >= 0.3 is 0 Å². The first kappa shape index (κ1) is 14.4. The van der Waals surface area contributed by atoms with E-state index in [0.717, 1.165) is 0 Å². The number of nitrogens with zero attached hydrogens (tertiary/aromatic N) is 1. The fraction of sp³-hybridized carbons (Fsp3) is 0. The molecule has 4 nitrogen and oxygen atoms in total. The average Bonchev–Trinajstić information content (AvgIpc) is 2.43. The summed E-state index contributed by atoms with van der Waals surface area (Å²) in [5.74, 6) is -0.350. The minimum atomic E-state index is -0.345. The van der Waals surface area contributed by atoms with Gasteiger partial charge in [-0.05, 0) is 48.0 Å². The smallest absolute Gasteiger partial charge is 0.271 e. The van der Waals surface area contributed by atoms with E-state index < -0.39 is 0 Å². The number of halogens is 2. The highest BCUT2D eigenvalue weighted by Gasteiger charge is 2.03. The van der Waals surface area contributed by atoms with E-state index in [9.17, 15) is 9.90 Å². The zero-order valence-electron chi connectivity index (χ0n) is 10.2. The highest BCUT2D eigenvalue weighted by molar-refractivity contribution is 6.32. The number of carbonyl (C=O) groups excluding carboxylic acids is 1. The van der Waals surface area contributed by atoms with Crippen molar-refractivity contribution in [2.75, 3.05) is 0 Å². The van der Waals surface area contributed by atoms with Crippen LogP contribution in [0.5, 0.6) is 5.75 Å². The lowest BCUT2D eigenvalue weighted by Crippen LogP contribution is -2.17. The Bertz CT molecular complexity index is 655. The summed E-state index contributed by atoms with van der Waals surface area (Å²) < 4.78 is 0. The lowest BCUT2D eigenvalue weighted by atomic mass is 10.2. The van der Waals surface area contributed by atoms with Gasteiger partial charge in [-0.1, -0.05) is 23.2 Å². The SMILES string of the molecule is O=C(N/N=C\c1ccc(O)c(Cl)c1)c1ccc(Cl)cc1. The van der Waals surface area contributed by atoms with Crippen LogP contribution in [0.15, 0.2) is 47.6 Å². The first-order valence-electron chi connectivity index (χ1n) is 5.64. The molecule has 0 atom stereocenters. The lowest BCUT2D eigenvalue weighted by molar-refractivity contribution is 0.0955. The molecule has 2 aromatic rings. The van der Waals surface area contributed by atoms with Crippen LogP contribution in [0.4, 0.5) is 0 Å². The second-order valence-electron chi connectivity index (χ2n) is 3.92. The van der Waals surface area contributed by atoms with Crippen molar-refractivity contribution in [1.29, 1.82) is 0 Å².